The number of H-pyrrole nitrogens is 1. The zero-order chi connectivity index (χ0) is 15.1. The van der Waals surface area contributed by atoms with Crippen molar-refractivity contribution in [2.24, 2.45) is 0 Å². The predicted molar refractivity (Wildman–Crippen MR) is 85.9 cm³/mol. The Morgan fingerprint density at radius 2 is 1.95 bits per heavy atom. The summed E-state index contributed by atoms with van der Waals surface area (Å²) in [4.78, 5) is 27.1. The van der Waals surface area contributed by atoms with E-state index in [9.17, 15) is 9.59 Å². The van der Waals surface area contributed by atoms with E-state index in [0.29, 0.717) is 17.9 Å². The topological polar surface area (TPSA) is 74.0 Å². The first-order valence-electron chi connectivity index (χ1n) is 6.26. The summed E-state index contributed by atoms with van der Waals surface area (Å²) in [6.45, 7) is 0. The van der Waals surface area contributed by atoms with Crippen molar-refractivity contribution in [1.29, 1.82) is 0 Å². The Morgan fingerprint density at radius 3 is 2.67 bits per heavy atom. The van der Waals surface area contributed by atoms with Gasteiger partial charge in [-0.1, -0.05) is 12.1 Å². The van der Waals surface area contributed by atoms with Gasteiger partial charge >= 0.3 is 0 Å². The van der Waals surface area contributed by atoms with Crippen molar-refractivity contribution in [2.45, 2.75) is 11.3 Å². The second kappa shape index (κ2) is 7.90. The summed E-state index contributed by atoms with van der Waals surface area (Å²) in [6, 6.07) is 11.2. The van der Waals surface area contributed by atoms with Gasteiger partial charge in [-0.2, -0.15) is 0 Å². The number of aromatic amines is 1. The van der Waals surface area contributed by atoms with Crippen LogP contribution in [0.2, 0.25) is 0 Å². The molecule has 110 valence electrons. The Bertz CT molecular complexity index is 616. The van der Waals surface area contributed by atoms with Gasteiger partial charge in [-0.3, -0.25) is 20.4 Å². The van der Waals surface area contributed by atoms with Gasteiger partial charge in [0.2, 0.25) is 5.91 Å². The van der Waals surface area contributed by atoms with Crippen LogP contribution in [-0.4, -0.2) is 22.6 Å². The summed E-state index contributed by atoms with van der Waals surface area (Å²) in [6.07, 6.45) is 1.96. The minimum Gasteiger partial charge on any atom is -0.357 e. The quantitative estimate of drug-likeness (QED) is 0.561. The Labute approximate surface area is 135 Å². The Hall–Kier alpha value is -1.73. The van der Waals surface area contributed by atoms with Crippen LogP contribution >= 0.6 is 27.7 Å². The molecule has 1 heterocycles. The van der Waals surface area contributed by atoms with E-state index in [0.717, 1.165) is 9.37 Å². The summed E-state index contributed by atoms with van der Waals surface area (Å²) in [5.41, 5.74) is 5.15. The van der Waals surface area contributed by atoms with E-state index >= 15 is 0 Å². The first kappa shape index (κ1) is 15.7. The normalized spacial score (nSPS) is 10.1. The maximum Gasteiger partial charge on any atom is 0.286 e. The third-order valence-electron chi connectivity index (χ3n) is 2.58. The third-order valence-corrected chi connectivity index (χ3v) is 4.61. The smallest absolute Gasteiger partial charge is 0.286 e. The second-order valence-corrected chi connectivity index (χ2v) is 6.11. The summed E-state index contributed by atoms with van der Waals surface area (Å²) in [7, 11) is 0. The molecule has 0 fully saturated rings. The highest BCUT2D eigenvalue weighted by Crippen LogP contribution is 2.27. The van der Waals surface area contributed by atoms with E-state index < -0.39 is 0 Å². The zero-order valence-corrected chi connectivity index (χ0v) is 13.5. The summed E-state index contributed by atoms with van der Waals surface area (Å²) in [5, 5.41) is 0. The molecule has 2 amide bonds. The first-order valence-corrected chi connectivity index (χ1v) is 8.04. The predicted octanol–water partition coefficient (Wildman–Crippen LogP) is 2.72. The molecule has 0 spiro atoms. The fourth-order valence-electron chi connectivity index (χ4n) is 1.54. The van der Waals surface area contributed by atoms with E-state index in [1.54, 1.807) is 30.1 Å². The Kier molecular flexibility index (Phi) is 5.89. The standard InChI is InChI=1S/C14H14BrN3O2S/c15-10-4-1-2-6-12(10)21-9-7-13(19)17-18-14(20)11-5-3-8-16-11/h1-6,8,16H,7,9H2,(H,17,19)(H,18,20). The van der Waals surface area contributed by atoms with E-state index in [1.807, 2.05) is 24.3 Å². The molecule has 0 aliphatic rings. The molecule has 0 saturated heterocycles. The Balaban J connectivity index is 1.68. The third kappa shape index (κ3) is 4.95. The highest BCUT2D eigenvalue weighted by atomic mass is 79.9. The van der Waals surface area contributed by atoms with Crippen molar-refractivity contribution >= 4 is 39.5 Å². The van der Waals surface area contributed by atoms with Crippen LogP contribution in [0.1, 0.15) is 16.9 Å². The number of benzene rings is 1. The van der Waals surface area contributed by atoms with Crippen LogP contribution in [0.25, 0.3) is 0 Å². The van der Waals surface area contributed by atoms with Crippen LogP contribution in [0.5, 0.6) is 0 Å². The van der Waals surface area contributed by atoms with Crippen LogP contribution in [0.15, 0.2) is 52.0 Å². The number of amides is 2. The minimum absolute atomic E-state index is 0.227. The van der Waals surface area contributed by atoms with Crippen molar-refractivity contribution in [2.75, 3.05) is 5.75 Å². The van der Waals surface area contributed by atoms with Gasteiger partial charge in [-0.25, -0.2) is 0 Å². The molecule has 0 aliphatic heterocycles. The molecule has 2 aromatic rings. The van der Waals surface area contributed by atoms with E-state index in [2.05, 4.69) is 31.8 Å². The van der Waals surface area contributed by atoms with Crippen LogP contribution in [0.4, 0.5) is 0 Å². The maximum atomic E-state index is 11.6. The molecule has 7 heteroatoms. The molecule has 1 aromatic carbocycles. The minimum atomic E-state index is -0.369. The van der Waals surface area contributed by atoms with Gasteiger partial charge in [0.25, 0.3) is 5.91 Å². The number of halogens is 1. The number of thioether (sulfide) groups is 1. The highest BCUT2D eigenvalue weighted by molar-refractivity contribution is 9.10. The second-order valence-electron chi connectivity index (χ2n) is 4.11. The fraction of sp³-hybridized carbons (Fsp3) is 0.143. The molecule has 0 aliphatic carbocycles. The molecular weight excluding hydrogens is 354 g/mol. The molecule has 2 rings (SSSR count). The summed E-state index contributed by atoms with van der Waals surface area (Å²) >= 11 is 5.03. The molecule has 0 unspecified atom stereocenters. The van der Waals surface area contributed by atoms with Crippen molar-refractivity contribution in [3.63, 3.8) is 0 Å². The number of hydrogen-bond acceptors (Lipinski definition) is 3. The van der Waals surface area contributed by atoms with Crippen molar-refractivity contribution < 1.29 is 9.59 Å². The van der Waals surface area contributed by atoms with Gasteiger partial charge in [0.05, 0.1) is 0 Å². The SMILES string of the molecule is O=C(CCSc1ccccc1Br)NNC(=O)c1ccc[nH]1. The van der Waals surface area contributed by atoms with Crippen LogP contribution in [-0.2, 0) is 4.79 Å². The number of rotatable bonds is 5. The molecule has 0 saturated carbocycles. The average molecular weight is 368 g/mol. The fourth-order valence-corrected chi connectivity index (χ4v) is 3.06. The maximum absolute atomic E-state index is 11.6. The number of hydrazine groups is 1. The summed E-state index contributed by atoms with van der Waals surface area (Å²) in [5.74, 6) is 0.0357. The van der Waals surface area contributed by atoms with Crippen molar-refractivity contribution in [3.8, 4) is 0 Å². The van der Waals surface area contributed by atoms with E-state index in [1.165, 1.54) is 0 Å². The molecule has 21 heavy (non-hydrogen) atoms. The first-order chi connectivity index (χ1) is 10.2. The van der Waals surface area contributed by atoms with Crippen molar-refractivity contribution in [3.05, 3.63) is 52.8 Å². The molecule has 3 N–H and O–H groups in total. The highest BCUT2D eigenvalue weighted by Gasteiger charge is 2.08. The lowest BCUT2D eigenvalue weighted by Crippen LogP contribution is -2.41. The lowest BCUT2D eigenvalue weighted by molar-refractivity contribution is -0.121. The van der Waals surface area contributed by atoms with Gasteiger partial charge in [0.15, 0.2) is 0 Å². The van der Waals surface area contributed by atoms with Gasteiger partial charge in [-0.05, 0) is 40.2 Å². The number of aromatic nitrogens is 1. The molecule has 0 bridgehead atoms. The van der Waals surface area contributed by atoms with E-state index in [-0.39, 0.29) is 11.8 Å². The largest absolute Gasteiger partial charge is 0.357 e. The lowest BCUT2D eigenvalue weighted by atomic mass is 10.4. The summed E-state index contributed by atoms with van der Waals surface area (Å²) < 4.78 is 1.01. The van der Waals surface area contributed by atoms with E-state index in [4.69, 9.17) is 0 Å². The number of nitrogens with one attached hydrogen (secondary N) is 3. The van der Waals surface area contributed by atoms with Gasteiger partial charge in [0, 0.05) is 27.7 Å². The lowest BCUT2D eigenvalue weighted by Gasteiger charge is -2.07. The van der Waals surface area contributed by atoms with Crippen LogP contribution in [0.3, 0.4) is 0 Å². The van der Waals surface area contributed by atoms with Crippen molar-refractivity contribution in [1.82, 2.24) is 15.8 Å². The molecular formula is C14H14BrN3O2S. The molecule has 1 aromatic heterocycles. The van der Waals surface area contributed by atoms with Crippen LogP contribution < -0.4 is 10.9 Å². The Morgan fingerprint density at radius 1 is 1.14 bits per heavy atom. The molecule has 5 nitrogen and oxygen atoms in total. The zero-order valence-electron chi connectivity index (χ0n) is 11.1. The van der Waals surface area contributed by atoms with Gasteiger partial charge in [-0.15, -0.1) is 11.8 Å². The number of hydrogen-bond donors (Lipinski definition) is 3. The molecule has 0 radical (unpaired) electrons. The monoisotopic (exact) mass is 367 g/mol. The average Bonchev–Trinajstić information content (AvgIpc) is 3.01. The van der Waals surface area contributed by atoms with Gasteiger partial charge < -0.3 is 4.98 Å². The molecule has 0 atom stereocenters. The van der Waals surface area contributed by atoms with Crippen LogP contribution in [0, 0.1) is 0 Å². The number of carbonyl (C=O) groups is 2. The number of carbonyl (C=O) groups excluding carboxylic acids is 2. The van der Waals surface area contributed by atoms with Gasteiger partial charge in [0.1, 0.15) is 5.69 Å².